The van der Waals surface area contributed by atoms with Crippen LogP contribution in [0, 0.1) is 0 Å². The minimum absolute atomic E-state index is 0.186. The first-order valence-electron chi connectivity index (χ1n) is 3.57. The lowest BCUT2D eigenvalue weighted by Gasteiger charge is -1.94. The van der Waals surface area contributed by atoms with E-state index >= 15 is 0 Å². The summed E-state index contributed by atoms with van der Waals surface area (Å²) in [5.74, 6) is 0.786. The minimum Gasteiger partial charge on any atom is -0.380 e. The fourth-order valence-corrected chi connectivity index (χ4v) is 0.984. The Morgan fingerprint density at radius 1 is 1.31 bits per heavy atom. The summed E-state index contributed by atoms with van der Waals surface area (Å²) in [6, 6.07) is 5.39. The fourth-order valence-electron chi connectivity index (χ4n) is 0.875. The molecule has 0 atom stereocenters. The van der Waals surface area contributed by atoms with Crippen LogP contribution in [0.5, 0.6) is 0 Å². The summed E-state index contributed by atoms with van der Waals surface area (Å²) < 4.78 is 0. The van der Waals surface area contributed by atoms with Gasteiger partial charge in [0.2, 0.25) is 0 Å². The Bertz CT molecular complexity index is 391. The number of hydrogen-bond acceptors (Lipinski definition) is 4. The lowest BCUT2D eigenvalue weighted by Crippen LogP contribution is -2.01. The van der Waals surface area contributed by atoms with Crippen LogP contribution in [0.25, 0.3) is 5.82 Å². The molecule has 0 aliphatic heterocycles. The van der Waals surface area contributed by atoms with Gasteiger partial charge in [-0.15, -0.1) is 15.0 Å². The molecule has 2 aromatic rings. The van der Waals surface area contributed by atoms with E-state index in [1.807, 2.05) is 6.07 Å². The lowest BCUT2D eigenvalue weighted by molar-refractivity contribution is 0.732. The summed E-state index contributed by atoms with van der Waals surface area (Å²) >= 11 is 5.63. The smallest absolute Gasteiger partial charge is 0.195 e. The predicted molar refractivity (Wildman–Crippen MR) is 48.6 cm³/mol. The van der Waals surface area contributed by atoms with Crippen molar-refractivity contribution in [1.82, 2.24) is 20.0 Å². The monoisotopic (exact) mass is 195 g/mol. The maximum Gasteiger partial charge on any atom is 0.195 e. The van der Waals surface area contributed by atoms with Gasteiger partial charge < -0.3 is 5.73 Å². The van der Waals surface area contributed by atoms with Crippen LogP contribution in [-0.4, -0.2) is 20.0 Å². The van der Waals surface area contributed by atoms with E-state index in [0.717, 1.165) is 0 Å². The Labute approximate surface area is 79.1 Å². The SMILES string of the molecule is Nc1nn(-c2ccccn2)nc1Cl. The molecule has 0 aliphatic carbocycles. The molecule has 0 radical (unpaired) electrons. The third-order valence-electron chi connectivity index (χ3n) is 1.45. The molecule has 0 fully saturated rings. The van der Waals surface area contributed by atoms with E-state index in [1.54, 1.807) is 18.3 Å². The molecule has 0 bridgehead atoms. The number of nitrogen functional groups attached to an aromatic ring is 1. The number of aromatic nitrogens is 4. The van der Waals surface area contributed by atoms with Crippen molar-refractivity contribution in [3.8, 4) is 5.82 Å². The van der Waals surface area contributed by atoms with E-state index in [0.29, 0.717) is 5.82 Å². The Morgan fingerprint density at radius 2 is 2.15 bits per heavy atom. The number of rotatable bonds is 1. The van der Waals surface area contributed by atoms with E-state index in [9.17, 15) is 0 Å². The molecule has 0 unspecified atom stereocenters. The van der Waals surface area contributed by atoms with Crippen molar-refractivity contribution in [1.29, 1.82) is 0 Å². The Kier molecular flexibility index (Phi) is 1.86. The van der Waals surface area contributed by atoms with Crippen molar-refractivity contribution in [2.24, 2.45) is 0 Å². The molecule has 2 heterocycles. The fraction of sp³-hybridized carbons (Fsp3) is 0. The van der Waals surface area contributed by atoms with Gasteiger partial charge in [0.15, 0.2) is 16.8 Å². The van der Waals surface area contributed by atoms with Crippen LogP contribution < -0.4 is 5.73 Å². The van der Waals surface area contributed by atoms with Crippen molar-refractivity contribution in [3.05, 3.63) is 29.5 Å². The van der Waals surface area contributed by atoms with Gasteiger partial charge >= 0.3 is 0 Å². The highest BCUT2D eigenvalue weighted by molar-refractivity contribution is 6.31. The molecule has 6 heteroatoms. The quantitative estimate of drug-likeness (QED) is 0.734. The first-order valence-corrected chi connectivity index (χ1v) is 3.95. The van der Waals surface area contributed by atoms with Gasteiger partial charge in [0.05, 0.1) is 0 Å². The largest absolute Gasteiger partial charge is 0.380 e. The molecule has 0 aliphatic rings. The summed E-state index contributed by atoms with van der Waals surface area (Å²) in [4.78, 5) is 5.32. The van der Waals surface area contributed by atoms with Crippen LogP contribution in [0.3, 0.4) is 0 Å². The zero-order valence-electron chi connectivity index (χ0n) is 6.55. The second-order valence-electron chi connectivity index (χ2n) is 2.35. The first-order chi connectivity index (χ1) is 6.27. The molecule has 2 rings (SSSR count). The number of hydrogen-bond donors (Lipinski definition) is 1. The molecule has 5 nitrogen and oxygen atoms in total. The lowest BCUT2D eigenvalue weighted by atomic mass is 10.5. The standard InChI is InChI=1S/C7H6ClN5/c8-6-7(9)12-13(11-6)5-3-1-2-4-10-5/h1-4H,(H2,9,12). The zero-order chi connectivity index (χ0) is 9.26. The van der Waals surface area contributed by atoms with Crippen molar-refractivity contribution < 1.29 is 0 Å². The highest BCUT2D eigenvalue weighted by Crippen LogP contribution is 2.12. The molecular formula is C7H6ClN5. The van der Waals surface area contributed by atoms with Gasteiger partial charge in [-0.25, -0.2) is 4.98 Å². The van der Waals surface area contributed by atoms with Crippen LogP contribution in [-0.2, 0) is 0 Å². The Morgan fingerprint density at radius 3 is 2.69 bits per heavy atom. The van der Waals surface area contributed by atoms with Crippen LogP contribution in [0.1, 0.15) is 0 Å². The maximum atomic E-state index is 5.63. The number of anilines is 1. The summed E-state index contributed by atoms with van der Waals surface area (Å²) in [7, 11) is 0. The molecule has 0 amide bonds. The predicted octanol–water partition coefficient (Wildman–Crippen LogP) is 0.898. The van der Waals surface area contributed by atoms with E-state index < -0.39 is 0 Å². The number of nitrogens with zero attached hydrogens (tertiary/aromatic N) is 4. The van der Waals surface area contributed by atoms with Crippen LogP contribution >= 0.6 is 11.6 Å². The molecule has 0 saturated heterocycles. The molecule has 0 saturated carbocycles. The van der Waals surface area contributed by atoms with Gasteiger partial charge in [0.1, 0.15) is 0 Å². The topological polar surface area (TPSA) is 69.6 Å². The number of halogens is 1. The van der Waals surface area contributed by atoms with E-state index in [2.05, 4.69) is 15.2 Å². The van der Waals surface area contributed by atoms with E-state index in [1.165, 1.54) is 4.80 Å². The average molecular weight is 196 g/mol. The summed E-state index contributed by atoms with van der Waals surface area (Å²) in [5.41, 5.74) is 5.42. The average Bonchev–Trinajstić information content (AvgIpc) is 2.49. The minimum atomic E-state index is 0.186. The van der Waals surface area contributed by atoms with Crippen molar-refractivity contribution in [2.75, 3.05) is 5.73 Å². The van der Waals surface area contributed by atoms with Crippen LogP contribution in [0.15, 0.2) is 24.4 Å². The Balaban J connectivity index is 2.48. The van der Waals surface area contributed by atoms with Crippen LogP contribution in [0.2, 0.25) is 5.15 Å². The van der Waals surface area contributed by atoms with Gasteiger partial charge in [-0.3, -0.25) is 0 Å². The first kappa shape index (κ1) is 8.00. The zero-order valence-corrected chi connectivity index (χ0v) is 7.31. The van der Waals surface area contributed by atoms with Crippen molar-refractivity contribution >= 4 is 17.4 Å². The summed E-state index contributed by atoms with van der Waals surface area (Å²) in [6.07, 6.45) is 1.64. The molecule has 0 spiro atoms. The van der Waals surface area contributed by atoms with Gasteiger partial charge in [-0.05, 0) is 12.1 Å². The third kappa shape index (κ3) is 1.46. The van der Waals surface area contributed by atoms with Crippen LogP contribution in [0.4, 0.5) is 5.82 Å². The number of pyridine rings is 1. The summed E-state index contributed by atoms with van der Waals surface area (Å²) in [5, 5.41) is 7.92. The second-order valence-corrected chi connectivity index (χ2v) is 2.71. The van der Waals surface area contributed by atoms with E-state index in [-0.39, 0.29) is 11.0 Å². The molecule has 2 N–H and O–H groups in total. The highest BCUT2D eigenvalue weighted by Gasteiger charge is 2.05. The van der Waals surface area contributed by atoms with Gasteiger partial charge in [0, 0.05) is 6.20 Å². The second kappa shape index (κ2) is 3.02. The Hall–Kier alpha value is -1.62. The van der Waals surface area contributed by atoms with Gasteiger partial charge in [-0.2, -0.15) is 0 Å². The normalized spacial score (nSPS) is 10.2. The van der Waals surface area contributed by atoms with Gasteiger partial charge in [-0.1, -0.05) is 17.7 Å². The van der Waals surface area contributed by atoms with Crippen molar-refractivity contribution in [3.63, 3.8) is 0 Å². The molecule has 0 aromatic carbocycles. The highest BCUT2D eigenvalue weighted by atomic mass is 35.5. The van der Waals surface area contributed by atoms with Gasteiger partial charge in [0.25, 0.3) is 0 Å². The van der Waals surface area contributed by atoms with E-state index in [4.69, 9.17) is 17.3 Å². The van der Waals surface area contributed by atoms with Crippen molar-refractivity contribution in [2.45, 2.75) is 0 Å². The molecular weight excluding hydrogens is 190 g/mol. The molecule has 66 valence electrons. The third-order valence-corrected chi connectivity index (χ3v) is 1.72. The maximum absolute atomic E-state index is 5.63. The summed E-state index contributed by atoms with van der Waals surface area (Å²) in [6.45, 7) is 0. The number of nitrogens with two attached hydrogens (primary N) is 1. The molecule has 2 aromatic heterocycles. The molecule has 13 heavy (non-hydrogen) atoms.